The van der Waals surface area contributed by atoms with E-state index in [0.717, 1.165) is 47.1 Å². The summed E-state index contributed by atoms with van der Waals surface area (Å²) in [6.07, 6.45) is 0.781. The fourth-order valence-corrected chi connectivity index (χ4v) is 4.60. The average Bonchev–Trinajstić information content (AvgIpc) is 3.66. The Bertz CT molecular complexity index is 1200. The first-order chi connectivity index (χ1) is 14.8. The van der Waals surface area contributed by atoms with Crippen molar-refractivity contribution >= 4 is 22.8 Å². The molecule has 0 N–H and O–H groups in total. The Morgan fingerprint density at radius 3 is 2.55 bits per heavy atom. The van der Waals surface area contributed by atoms with Crippen LogP contribution in [0.3, 0.4) is 0 Å². The summed E-state index contributed by atoms with van der Waals surface area (Å²) in [5, 5.41) is 9.28. The molecule has 2 aliphatic carbocycles. The largest absolute Gasteiger partial charge is 0.410 e. The zero-order chi connectivity index (χ0) is 21.5. The SMILES string of the molecule is Cn1nc(C2CC2)c2c(C(=O)N3CCC(C(F)(F)F)n4nccc43)cc(C3CC3)nc21. The predicted molar refractivity (Wildman–Crippen MR) is 106 cm³/mol. The van der Waals surface area contributed by atoms with Gasteiger partial charge in [-0.25, -0.2) is 9.67 Å². The molecule has 31 heavy (non-hydrogen) atoms. The molecule has 4 heterocycles. The van der Waals surface area contributed by atoms with Crippen molar-refractivity contribution in [2.45, 2.75) is 56.2 Å². The van der Waals surface area contributed by atoms with Crippen molar-refractivity contribution in [2.75, 3.05) is 11.4 Å². The van der Waals surface area contributed by atoms with Crippen LogP contribution in [-0.4, -0.2) is 43.2 Å². The Hall–Kier alpha value is -2.91. The lowest BCUT2D eigenvalue weighted by molar-refractivity contribution is -0.172. The predicted octanol–water partition coefficient (Wildman–Crippen LogP) is 4.07. The van der Waals surface area contributed by atoms with Crippen molar-refractivity contribution in [2.24, 2.45) is 7.05 Å². The summed E-state index contributed by atoms with van der Waals surface area (Å²) >= 11 is 0. The van der Waals surface area contributed by atoms with Gasteiger partial charge in [0.2, 0.25) is 0 Å². The number of nitrogens with zero attached hydrogens (tertiary/aromatic N) is 6. The van der Waals surface area contributed by atoms with Crippen LogP contribution in [-0.2, 0) is 7.05 Å². The number of pyridine rings is 1. The van der Waals surface area contributed by atoms with Gasteiger partial charge < -0.3 is 0 Å². The van der Waals surface area contributed by atoms with Crippen molar-refractivity contribution in [3.63, 3.8) is 0 Å². The molecule has 0 bridgehead atoms. The molecule has 0 radical (unpaired) electrons. The first-order valence-electron chi connectivity index (χ1n) is 10.6. The van der Waals surface area contributed by atoms with Crippen molar-refractivity contribution in [3.8, 4) is 0 Å². The molecule has 2 fully saturated rings. The van der Waals surface area contributed by atoms with Crippen LogP contribution in [0.15, 0.2) is 18.3 Å². The van der Waals surface area contributed by atoms with E-state index in [2.05, 4.69) is 10.2 Å². The zero-order valence-electron chi connectivity index (χ0n) is 16.9. The molecule has 1 atom stereocenters. The quantitative estimate of drug-likeness (QED) is 0.628. The van der Waals surface area contributed by atoms with Crippen LogP contribution in [0.1, 0.15) is 71.7 Å². The molecule has 162 valence electrons. The Morgan fingerprint density at radius 1 is 1.13 bits per heavy atom. The van der Waals surface area contributed by atoms with Gasteiger partial charge in [0.25, 0.3) is 5.91 Å². The first kappa shape index (κ1) is 18.8. The second kappa shape index (κ2) is 6.30. The second-order valence-corrected chi connectivity index (χ2v) is 8.79. The summed E-state index contributed by atoms with van der Waals surface area (Å²) < 4.78 is 43.1. The van der Waals surface area contributed by atoms with Gasteiger partial charge in [-0.1, -0.05) is 0 Å². The van der Waals surface area contributed by atoms with Crippen LogP contribution in [0.2, 0.25) is 0 Å². The van der Waals surface area contributed by atoms with Crippen molar-refractivity contribution < 1.29 is 18.0 Å². The third-order valence-electron chi connectivity index (χ3n) is 6.50. The third kappa shape index (κ3) is 2.95. The number of rotatable bonds is 3. The van der Waals surface area contributed by atoms with Gasteiger partial charge in [-0.3, -0.25) is 14.4 Å². The van der Waals surface area contributed by atoms with Gasteiger partial charge in [0.05, 0.1) is 22.8 Å². The molecular formula is C21H21F3N6O. The molecular weight excluding hydrogens is 409 g/mol. The number of aryl methyl sites for hydroxylation is 1. The van der Waals surface area contributed by atoms with Crippen molar-refractivity contribution in [1.29, 1.82) is 0 Å². The topological polar surface area (TPSA) is 68.8 Å². The molecule has 3 aromatic rings. The molecule has 1 unspecified atom stereocenters. The highest BCUT2D eigenvalue weighted by molar-refractivity contribution is 6.14. The lowest BCUT2D eigenvalue weighted by Gasteiger charge is -2.34. The van der Waals surface area contributed by atoms with E-state index in [0.29, 0.717) is 23.0 Å². The van der Waals surface area contributed by atoms with Crippen LogP contribution in [0.5, 0.6) is 0 Å². The average molecular weight is 430 g/mol. The second-order valence-electron chi connectivity index (χ2n) is 8.79. The lowest BCUT2D eigenvalue weighted by Crippen LogP contribution is -2.43. The van der Waals surface area contributed by atoms with Crippen LogP contribution >= 0.6 is 0 Å². The summed E-state index contributed by atoms with van der Waals surface area (Å²) in [5.74, 6) is 0.502. The van der Waals surface area contributed by atoms with Crippen molar-refractivity contribution in [1.82, 2.24) is 24.5 Å². The zero-order valence-corrected chi connectivity index (χ0v) is 16.9. The smallest absolute Gasteiger partial charge is 0.293 e. The van der Waals surface area contributed by atoms with E-state index in [1.54, 1.807) is 4.68 Å². The Balaban J connectivity index is 1.48. The van der Waals surface area contributed by atoms with E-state index in [-0.39, 0.29) is 24.7 Å². The number of alkyl halides is 3. The number of hydrogen-bond donors (Lipinski definition) is 0. The minimum Gasteiger partial charge on any atom is -0.293 e. The van der Waals surface area contributed by atoms with Gasteiger partial charge in [0.15, 0.2) is 11.7 Å². The van der Waals surface area contributed by atoms with Gasteiger partial charge in [-0.15, -0.1) is 0 Å². The summed E-state index contributed by atoms with van der Waals surface area (Å²) in [6.45, 7) is -0.0176. The fraction of sp³-hybridized carbons (Fsp3) is 0.524. The van der Waals surface area contributed by atoms with Gasteiger partial charge in [0, 0.05) is 37.2 Å². The molecule has 1 amide bonds. The minimum absolute atomic E-state index is 0.0176. The van der Waals surface area contributed by atoms with E-state index in [4.69, 9.17) is 4.98 Å². The van der Waals surface area contributed by atoms with Crippen molar-refractivity contribution in [3.05, 3.63) is 35.3 Å². The number of anilines is 1. The summed E-state index contributed by atoms with van der Waals surface area (Å²) in [5.41, 5.74) is 2.89. The molecule has 7 nitrogen and oxygen atoms in total. The third-order valence-corrected chi connectivity index (χ3v) is 6.50. The maximum atomic E-state index is 13.8. The first-order valence-corrected chi connectivity index (χ1v) is 10.6. The number of amides is 1. The number of carbonyl (C=O) groups is 1. The number of hydrogen-bond acceptors (Lipinski definition) is 4. The molecule has 3 aromatic heterocycles. The van der Waals surface area contributed by atoms with Crippen LogP contribution in [0, 0.1) is 0 Å². The Kier molecular flexibility index (Phi) is 3.83. The normalized spacial score (nSPS) is 21.5. The van der Waals surface area contributed by atoms with E-state index in [1.807, 2.05) is 13.1 Å². The molecule has 6 rings (SSSR count). The summed E-state index contributed by atoms with van der Waals surface area (Å²) in [4.78, 5) is 20.0. The standard InChI is InChI=1S/C21H21F3N6O/c1-28-19-17(18(27-28)12-4-5-12)13(10-14(26-19)11-2-3-11)20(31)29-9-7-15(21(22,23)24)30-16(29)6-8-25-30/h6,8,10-12,15H,2-5,7,9H2,1H3. The van der Waals surface area contributed by atoms with E-state index < -0.39 is 12.2 Å². The number of aromatic nitrogens is 5. The molecule has 0 saturated heterocycles. The minimum atomic E-state index is -4.42. The van der Waals surface area contributed by atoms with E-state index in [9.17, 15) is 18.0 Å². The fourth-order valence-electron chi connectivity index (χ4n) is 4.60. The number of halogens is 3. The summed E-state index contributed by atoms with van der Waals surface area (Å²) in [7, 11) is 1.83. The van der Waals surface area contributed by atoms with Gasteiger partial charge in [-0.05, 0) is 38.2 Å². The Morgan fingerprint density at radius 2 is 1.87 bits per heavy atom. The maximum Gasteiger partial charge on any atom is 0.410 e. The maximum absolute atomic E-state index is 13.8. The number of carbonyl (C=O) groups excluding carboxylic acids is 1. The number of fused-ring (bicyclic) bond motifs is 2. The molecule has 3 aliphatic rings. The molecule has 1 aliphatic heterocycles. The molecule has 2 saturated carbocycles. The van der Waals surface area contributed by atoms with Gasteiger partial charge in [0.1, 0.15) is 5.82 Å². The van der Waals surface area contributed by atoms with E-state index in [1.165, 1.54) is 17.2 Å². The monoisotopic (exact) mass is 430 g/mol. The Labute approximate surface area is 175 Å². The van der Waals surface area contributed by atoms with E-state index >= 15 is 0 Å². The van der Waals surface area contributed by atoms with Gasteiger partial charge in [-0.2, -0.15) is 23.4 Å². The lowest BCUT2D eigenvalue weighted by atomic mass is 10.0. The van der Waals surface area contributed by atoms with Crippen LogP contribution in [0.4, 0.5) is 19.0 Å². The summed E-state index contributed by atoms with van der Waals surface area (Å²) in [6, 6.07) is 1.59. The molecule has 0 spiro atoms. The molecule has 10 heteroatoms. The molecule has 0 aromatic carbocycles. The van der Waals surface area contributed by atoms with Crippen LogP contribution in [0.25, 0.3) is 11.0 Å². The highest BCUT2D eigenvalue weighted by Crippen LogP contribution is 2.46. The highest BCUT2D eigenvalue weighted by atomic mass is 19.4. The van der Waals surface area contributed by atoms with Gasteiger partial charge >= 0.3 is 6.18 Å². The van der Waals surface area contributed by atoms with Crippen LogP contribution < -0.4 is 4.90 Å². The highest BCUT2D eigenvalue weighted by Gasteiger charge is 2.46.